The summed E-state index contributed by atoms with van der Waals surface area (Å²) in [7, 11) is 1.90. The van der Waals surface area contributed by atoms with Crippen molar-refractivity contribution in [3.8, 4) is 0 Å². The number of nitrogens with one attached hydrogen (secondary N) is 1. The highest BCUT2D eigenvalue weighted by Crippen LogP contribution is 2.28. The fourth-order valence-electron chi connectivity index (χ4n) is 1.93. The standard InChI is InChI=1S/C9H17NO.2C2H6/c1-8(11)9(10-2)6-4-3-5-7-9;2*1-2/h10H,3-7H2,1-2H3;2*1-2H3. The van der Waals surface area contributed by atoms with Gasteiger partial charge in [0.15, 0.2) is 0 Å². The molecule has 1 rings (SSSR count). The largest absolute Gasteiger partial charge is 0.308 e. The molecular weight excluding hydrogens is 186 g/mol. The van der Waals surface area contributed by atoms with Crippen LogP contribution in [-0.2, 0) is 4.79 Å². The van der Waals surface area contributed by atoms with Crippen molar-refractivity contribution in [1.82, 2.24) is 5.32 Å². The molecule has 0 heterocycles. The Kier molecular flexibility index (Phi) is 11.5. The van der Waals surface area contributed by atoms with Crippen LogP contribution in [0.3, 0.4) is 0 Å². The average molecular weight is 215 g/mol. The molecule has 1 fully saturated rings. The fraction of sp³-hybridized carbons (Fsp3) is 0.923. The van der Waals surface area contributed by atoms with Crippen molar-refractivity contribution in [2.75, 3.05) is 7.05 Å². The summed E-state index contributed by atoms with van der Waals surface area (Å²) in [6.07, 6.45) is 5.73. The van der Waals surface area contributed by atoms with Gasteiger partial charge in [-0.05, 0) is 26.8 Å². The second kappa shape index (κ2) is 10.2. The first-order valence-corrected chi connectivity index (χ1v) is 6.41. The Morgan fingerprint density at radius 3 is 1.60 bits per heavy atom. The predicted octanol–water partition coefficient (Wildman–Crippen LogP) is 3.55. The van der Waals surface area contributed by atoms with Gasteiger partial charge in [0, 0.05) is 0 Å². The number of carbonyl (C=O) groups excluding carboxylic acids is 1. The highest BCUT2D eigenvalue weighted by Gasteiger charge is 2.34. The molecular formula is C13H29NO. The second-order valence-corrected chi connectivity index (χ2v) is 3.45. The molecule has 0 bridgehead atoms. The van der Waals surface area contributed by atoms with Gasteiger partial charge in [-0.25, -0.2) is 0 Å². The lowest BCUT2D eigenvalue weighted by Gasteiger charge is -2.34. The van der Waals surface area contributed by atoms with Crippen LogP contribution < -0.4 is 5.32 Å². The Bertz CT molecular complexity index is 149. The third-order valence-corrected chi connectivity index (χ3v) is 2.86. The molecule has 92 valence electrons. The van der Waals surface area contributed by atoms with Crippen molar-refractivity contribution < 1.29 is 4.79 Å². The zero-order chi connectivity index (χ0) is 12.3. The number of ketones is 1. The van der Waals surface area contributed by atoms with Gasteiger partial charge < -0.3 is 5.32 Å². The molecule has 2 heteroatoms. The third-order valence-electron chi connectivity index (χ3n) is 2.86. The number of Topliss-reactive ketones (excluding diaryl/α,β-unsaturated/α-hetero) is 1. The summed E-state index contributed by atoms with van der Waals surface area (Å²) in [5, 5.41) is 3.17. The van der Waals surface area contributed by atoms with E-state index in [1.54, 1.807) is 6.92 Å². The maximum absolute atomic E-state index is 11.3. The van der Waals surface area contributed by atoms with Gasteiger partial charge in [0.05, 0.1) is 5.54 Å². The van der Waals surface area contributed by atoms with E-state index in [2.05, 4.69) is 5.32 Å². The van der Waals surface area contributed by atoms with Crippen molar-refractivity contribution in [2.24, 2.45) is 0 Å². The molecule has 0 aromatic heterocycles. The maximum atomic E-state index is 11.3. The highest BCUT2D eigenvalue weighted by molar-refractivity contribution is 5.86. The molecule has 0 atom stereocenters. The Morgan fingerprint density at radius 2 is 1.40 bits per heavy atom. The summed E-state index contributed by atoms with van der Waals surface area (Å²) in [5.41, 5.74) is -0.168. The summed E-state index contributed by atoms with van der Waals surface area (Å²) in [4.78, 5) is 11.3. The molecule has 0 amide bonds. The molecule has 0 aliphatic heterocycles. The van der Waals surface area contributed by atoms with E-state index >= 15 is 0 Å². The van der Waals surface area contributed by atoms with Gasteiger partial charge in [0.2, 0.25) is 0 Å². The molecule has 1 aliphatic carbocycles. The van der Waals surface area contributed by atoms with Gasteiger partial charge in [-0.1, -0.05) is 47.0 Å². The van der Waals surface area contributed by atoms with Gasteiger partial charge in [0.1, 0.15) is 5.78 Å². The summed E-state index contributed by atoms with van der Waals surface area (Å²) >= 11 is 0. The molecule has 1 saturated carbocycles. The number of carbonyl (C=O) groups is 1. The van der Waals surface area contributed by atoms with E-state index in [1.165, 1.54) is 19.3 Å². The highest BCUT2D eigenvalue weighted by atomic mass is 16.1. The van der Waals surface area contributed by atoms with Crippen LogP contribution in [0.1, 0.15) is 66.7 Å². The minimum atomic E-state index is -0.168. The monoisotopic (exact) mass is 215 g/mol. The molecule has 0 spiro atoms. The van der Waals surface area contributed by atoms with E-state index in [0.717, 1.165) is 12.8 Å². The van der Waals surface area contributed by atoms with Crippen LogP contribution >= 0.6 is 0 Å². The zero-order valence-corrected chi connectivity index (χ0v) is 11.4. The van der Waals surface area contributed by atoms with Gasteiger partial charge >= 0.3 is 0 Å². The number of hydrogen-bond donors (Lipinski definition) is 1. The van der Waals surface area contributed by atoms with Crippen LogP contribution in [0.25, 0.3) is 0 Å². The number of rotatable bonds is 2. The van der Waals surface area contributed by atoms with Gasteiger partial charge in [-0.2, -0.15) is 0 Å². The summed E-state index contributed by atoms with van der Waals surface area (Å²) in [5.74, 6) is 0.305. The fourth-order valence-corrected chi connectivity index (χ4v) is 1.93. The van der Waals surface area contributed by atoms with Gasteiger partial charge in [0.25, 0.3) is 0 Å². The quantitative estimate of drug-likeness (QED) is 0.763. The zero-order valence-electron chi connectivity index (χ0n) is 11.4. The van der Waals surface area contributed by atoms with Crippen molar-refractivity contribution in [2.45, 2.75) is 72.3 Å². The summed E-state index contributed by atoms with van der Waals surface area (Å²) < 4.78 is 0. The van der Waals surface area contributed by atoms with Crippen molar-refractivity contribution >= 4 is 5.78 Å². The lowest BCUT2D eigenvalue weighted by molar-refractivity contribution is -0.124. The van der Waals surface area contributed by atoms with Gasteiger partial charge in [-0.15, -0.1) is 0 Å². The molecule has 1 N–H and O–H groups in total. The molecule has 2 nitrogen and oxygen atoms in total. The minimum Gasteiger partial charge on any atom is -0.308 e. The normalized spacial score (nSPS) is 17.7. The van der Waals surface area contributed by atoms with Crippen LogP contribution in [0.5, 0.6) is 0 Å². The Labute approximate surface area is 95.8 Å². The molecule has 1 aliphatic rings. The molecule has 0 unspecified atom stereocenters. The molecule has 0 aromatic carbocycles. The Morgan fingerprint density at radius 1 is 1.00 bits per heavy atom. The topological polar surface area (TPSA) is 29.1 Å². The van der Waals surface area contributed by atoms with Crippen molar-refractivity contribution in [1.29, 1.82) is 0 Å². The van der Waals surface area contributed by atoms with Crippen molar-refractivity contribution in [3.05, 3.63) is 0 Å². The van der Waals surface area contributed by atoms with E-state index in [0.29, 0.717) is 5.78 Å². The first-order chi connectivity index (χ1) is 7.21. The first kappa shape index (κ1) is 17.0. The number of likely N-dealkylation sites (N-methyl/N-ethyl adjacent to an activating group) is 1. The summed E-state index contributed by atoms with van der Waals surface area (Å²) in [6.45, 7) is 9.70. The van der Waals surface area contributed by atoms with E-state index < -0.39 is 0 Å². The lowest BCUT2D eigenvalue weighted by atomic mass is 9.79. The van der Waals surface area contributed by atoms with Crippen LogP contribution in [0.4, 0.5) is 0 Å². The second-order valence-electron chi connectivity index (χ2n) is 3.45. The molecule has 0 saturated heterocycles. The first-order valence-electron chi connectivity index (χ1n) is 6.41. The molecule has 0 radical (unpaired) electrons. The van der Waals surface area contributed by atoms with E-state index in [1.807, 2.05) is 34.7 Å². The smallest absolute Gasteiger partial charge is 0.149 e. The number of hydrogen-bond acceptors (Lipinski definition) is 2. The minimum absolute atomic E-state index is 0.168. The van der Waals surface area contributed by atoms with Gasteiger partial charge in [-0.3, -0.25) is 4.79 Å². The predicted molar refractivity (Wildman–Crippen MR) is 68.3 cm³/mol. The van der Waals surface area contributed by atoms with Crippen LogP contribution in [-0.4, -0.2) is 18.4 Å². The van der Waals surface area contributed by atoms with E-state index in [9.17, 15) is 4.79 Å². The van der Waals surface area contributed by atoms with E-state index in [-0.39, 0.29) is 5.54 Å². The van der Waals surface area contributed by atoms with Crippen molar-refractivity contribution in [3.63, 3.8) is 0 Å². The lowest BCUT2D eigenvalue weighted by Crippen LogP contribution is -2.50. The SMILES string of the molecule is CC.CC.CNC1(C(C)=O)CCCCC1. The van der Waals surface area contributed by atoms with E-state index in [4.69, 9.17) is 0 Å². The van der Waals surface area contributed by atoms with Crippen LogP contribution in [0.15, 0.2) is 0 Å². The maximum Gasteiger partial charge on any atom is 0.149 e. The molecule has 15 heavy (non-hydrogen) atoms. The average Bonchev–Trinajstić information content (AvgIpc) is 2.35. The van der Waals surface area contributed by atoms with Crippen LogP contribution in [0.2, 0.25) is 0 Å². The summed E-state index contributed by atoms with van der Waals surface area (Å²) in [6, 6.07) is 0. The van der Waals surface area contributed by atoms with Crippen LogP contribution in [0, 0.1) is 0 Å². The Hall–Kier alpha value is -0.370. The third kappa shape index (κ3) is 5.31. The Balaban J connectivity index is 0. The molecule has 0 aromatic rings.